The van der Waals surface area contributed by atoms with Gasteiger partial charge in [-0.05, 0) is 31.4 Å². The van der Waals surface area contributed by atoms with Crippen LogP contribution in [0.3, 0.4) is 0 Å². The molecule has 1 fully saturated rings. The van der Waals surface area contributed by atoms with Crippen LogP contribution in [0.5, 0.6) is 5.75 Å². The minimum atomic E-state index is -1.09. The van der Waals surface area contributed by atoms with Crippen LogP contribution in [0.4, 0.5) is 10.5 Å². The zero-order valence-electron chi connectivity index (χ0n) is 12.4. The molecule has 1 aromatic rings. The van der Waals surface area contributed by atoms with Crippen LogP contribution in [0.2, 0.25) is 0 Å². The second kappa shape index (κ2) is 6.03. The predicted molar refractivity (Wildman–Crippen MR) is 78.9 cm³/mol. The molecule has 0 aromatic heterocycles. The lowest BCUT2D eigenvalue weighted by Crippen LogP contribution is -2.37. The number of carboxylic acid groups (broad SMARTS) is 1. The lowest BCUT2D eigenvalue weighted by molar-refractivity contribution is 0.0698. The number of carbonyl (C=O) groups excluding carboxylic acids is 1. The molecule has 1 saturated heterocycles. The summed E-state index contributed by atoms with van der Waals surface area (Å²) >= 11 is 0. The summed E-state index contributed by atoms with van der Waals surface area (Å²) in [6, 6.07) is 4.37. The first-order valence-electron chi connectivity index (χ1n) is 6.91. The van der Waals surface area contributed by atoms with E-state index in [0.29, 0.717) is 18.2 Å². The molecule has 6 heteroatoms. The van der Waals surface area contributed by atoms with E-state index < -0.39 is 5.97 Å². The number of carbonyl (C=O) groups is 2. The quantitative estimate of drug-likeness (QED) is 0.897. The van der Waals surface area contributed by atoms with Crippen molar-refractivity contribution in [2.24, 2.45) is 5.92 Å². The summed E-state index contributed by atoms with van der Waals surface area (Å²) < 4.78 is 5.08. The molecule has 2 rings (SSSR count). The van der Waals surface area contributed by atoms with Crippen LogP contribution in [0.25, 0.3) is 0 Å². The number of methoxy groups -OCH3 is 1. The summed E-state index contributed by atoms with van der Waals surface area (Å²) in [6.45, 7) is 4.77. The minimum Gasteiger partial charge on any atom is -0.497 e. The summed E-state index contributed by atoms with van der Waals surface area (Å²) in [5, 5.41) is 11.9. The van der Waals surface area contributed by atoms with Crippen LogP contribution in [-0.4, -0.2) is 41.7 Å². The molecule has 1 aliphatic rings. The third kappa shape index (κ3) is 3.26. The second-order valence-corrected chi connectivity index (χ2v) is 5.49. The molecule has 0 bridgehead atoms. The van der Waals surface area contributed by atoms with Crippen LogP contribution in [0.1, 0.15) is 30.6 Å². The number of nitrogens with one attached hydrogen (secondary N) is 1. The lowest BCUT2D eigenvalue weighted by Gasteiger charge is -2.22. The molecular formula is C15H20N2O4. The molecule has 114 valence electrons. The summed E-state index contributed by atoms with van der Waals surface area (Å²) in [5.74, 6) is -0.135. The first-order chi connectivity index (χ1) is 9.92. The smallest absolute Gasteiger partial charge is 0.337 e. The largest absolute Gasteiger partial charge is 0.497 e. The van der Waals surface area contributed by atoms with E-state index in [2.05, 4.69) is 12.2 Å². The molecule has 0 saturated carbocycles. The van der Waals surface area contributed by atoms with Gasteiger partial charge in [-0.1, -0.05) is 6.92 Å². The van der Waals surface area contributed by atoms with Gasteiger partial charge in [0.15, 0.2) is 0 Å². The zero-order chi connectivity index (χ0) is 15.6. The van der Waals surface area contributed by atoms with Crippen molar-refractivity contribution in [3.63, 3.8) is 0 Å². The highest BCUT2D eigenvalue weighted by molar-refractivity contribution is 6.00. The van der Waals surface area contributed by atoms with E-state index >= 15 is 0 Å². The van der Waals surface area contributed by atoms with E-state index in [-0.39, 0.29) is 23.3 Å². The number of carboxylic acids is 1. The molecule has 0 radical (unpaired) electrons. The van der Waals surface area contributed by atoms with Gasteiger partial charge < -0.3 is 20.1 Å². The van der Waals surface area contributed by atoms with Crippen LogP contribution >= 0.6 is 0 Å². The Labute approximate surface area is 123 Å². The van der Waals surface area contributed by atoms with Gasteiger partial charge in [-0.3, -0.25) is 0 Å². The fraction of sp³-hybridized carbons (Fsp3) is 0.467. The summed E-state index contributed by atoms with van der Waals surface area (Å²) in [5.41, 5.74) is 0.294. The highest BCUT2D eigenvalue weighted by Crippen LogP contribution is 2.26. The van der Waals surface area contributed by atoms with Crippen molar-refractivity contribution < 1.29 is 19.4 Å². The number of likely N-dealkylation sites (tertiary alicyclic amines) is 1. The van der Waals surface area contributed by atoms with Crippen LogP contribution < -0.4 is 10.1 Å². The fourth-order valence-electron chi connectivity index (χ4n) is 2.71. The molecule has 1 aromatic carbocycles. The monoisotopic (exact) mass is 292 g/mol. The normalized spacial score (nSPS) is 21.2. The summed E-state index contributed by atoms with van der Waals surface area (Å²) in [4.78, 5) is 25.3. The molecule has 2 unspecified atom stereocenters. The third-order valence-electron chi connectivity index (χ3n) is 3.74. The van der Waals surface area contributed by atoms with Gasteiger partial charge in [-0.2, -0.15) is 0 Å². The van der Waals surface area contributed by atoms with E-state index in [0.717, 1.165) is 6.42 Å². The molecule has 2 amide bonds. The van der Waals surface area contributed by atoms with Crippen molar-refractivity contribution in [1.82, 2.24) is 4.90 Å². The van der Waals surface area contributed by atoms with E-state index in [1.807, 2.05) is 6.92 Å². The molecule has 0 aliphatic carbocycles. The average Bonchev–Trinajstić information content (AvgIpc) is 2.77. The number of hydrogen-bond acceptors (Lipinski definition) is 3. The maximum atomic E-state index is 12.3. The first kappa shape index (κ1) is 15.2. The second-order valence-electron chi connectivity index (χ2n) is 5.49. The molecular weight excluding hydrogens is 272 g/mol. The standard InChI is InChI=1S/C15H20N2O4/c1-9-6-10(2)17(8-9)15(20)16-13-7-11(21-3)4-5-12(13)14(18)19/h4-5,7,9-10H,6,8H2,1-3H3,(H,16,20)(H,18,19). The van der Waals surface area contributed by atoms with Gasteiger partial charge in [-0.15, -0.1) is 0 Å². The molecule has 2 N–H and O–H groups in total. The molecule has 1 heterocycles. The highest BCUT2D eigenvalue weighted by atomic mass is 16.5. The van der Waals surface area contributed by atoms with Crippen LogP contribution in [-0.2, 0) is 0 Å². The lowest BCUT2D eigenvalue weighted by atomic mass is 10.1. The topological polar surface area (TPSA) is 78.9 Å². The average molecular weight is 292 g/mol. The molecule has 6 nitrogen and oxygen atoms in total. The van der Waals surface area contributed by atoms with Gasteiger partial charge in [0.05, 0.1) is 18.4 Å². The van der Waals surface area contributed by atoms with Crippen LogP contribution in [0.15, 0.2) is 18.2 Å². The van der Waals surface area contributed by atoms with E-state index in [4.69, 9.17) is 4.74 Å². The van der Waals surface area contributed by atoms with E-state index in [9.17, 15) is 14.7 Å². The molecule has 2 atom stereocenters. The molecule has 1 aliphatic heterocycles. The Morgan fingerprint density at radius 1 is 1.38 bits per heavy atom. The molecule has 0 spiro atoms. The van der Waals surface area contributed by atoms with Crippen LogP contribution in [0, 0.1) is 5.92 Å². The highest BCUT2D eigenvalue weighted by Gasteiger charge is 2.30. The third-order valence-corrected chi connectivity index (χ3v) is 3.74. The number of nitrogens with zero attached hydrogens (tertiary/aromatic N) is 1. The van der Waals surface area contributed by atoms with Crippen molar-refractivity contribution in [1.29, 1.82) is 0 Å². The molecule has 21 heavy (non-hydrogen) atoms. The summed E-state index contributed by atoms with van der Waals surface area (Å²) in [7, 11) is 1.49. The van der Waals surface area contributed by atoms with Crippen molar-refractivity contribution >= 4 is 17.7 Å². The number of hydrogen-bond donors (Lipinski definition) is 2. The first-order valence-corrected chi connectivity index (χ1v) is 6.91. The Morgan fingerprint density at radius 2 is 2.10 bits per heavy atom. The van der Waals surface area contributed by atoms with Crippen molar-refractivity contribution in [3.8, 4) is 5.75 Å². The SMILES string of the molecule is COc1ccc(C(=O)O)c(NC(=O)N2CC(C)CC2C)c1. The van der Waals surface area contributed by atoms with Gasteiger partial charge >= 0.3 is 12.0 Å². The Hall–Kier alpha value is -2.24. The zero-order valence-corrected chi connectivity index (χ0v) is 12.4. The number of ether oxygens (including phenoxy) is 1. The maximum absolute atomic E-state index is 12.3. The number of benzene rings is 1. The van der Waals surface area contributed by atoms with Gasteiger partial charge in [0.25, 0.3) is 0 Å². The van der Waals surface area contributed by atoms with Crippen molar-refractivity contribution in [2.75, 3.05) is 19.0 Å². The number of anilines is 1. The van der Waals surface area contributed by atoms with E-state index in [1.165, 1.54) is 19.2 Å². The van der Waals surface area contributed by atoms with Crippen molar-refractivity contribution in [2.45, 2.75) is 26.3 Å². The number of urea groups is 1. The fourth-order valence-corrected chi connectivity index (χ4v) is 2.71. The van der Waals surface area contributed by atoms with Crippen molar-refractivity contribution in [3.05, 3.63) is 23.8 Å². The number of rotatable bonds is 3. The number of amides is 2. The summed E-state index contributed by atoms with van der Waals surface area (Å²) in [6.07, 6.45) is 0.956. The van der Waals surface area contributed by atoms with Gasteiger partial charge in [-0.25, -0.2) is 9.59 Å². The van der Waals surface area contributed by atoms with Gasteiger partial charge in [0.2, 0.25) is 0 Å². The number of aromatic carboxylic acids is 1. The maximum Gasteiger partial charge on any atom is 0.337 e. The van der Waals surface area contributed by atoms with Gasteiger partial charge in [0.1, 0.15) is 5.75 Å². The minimum absolute atomic E-state index is 0.0454. The van der Waals surface area contributed by atoms with Gasteiger partial charge in [0, 0.05) is 18.7 Å². The Balaban J connectivity index is 2.21. The Morgan fingerprint density at radius 3 is 2.62 bits per heavy atom. The van der Waals surface area contributed by atoms with E-state index in [1.54, 1.807) is 11.0 Å². The Kier molecular flexibility index (Phi) is 4.35. The Bertz CT molecular complexity index is 559. The predicted octanol–water partition coefficient (Wildman–Crippen LogP) is 2.66.